The zero-order chi connectivity index (χ0) is 10.5. The number of hydrogen-bond acceptors (Lipinski definition) is 4. The number of carbonyl (C=O) groups is 1. The molecule has 0 fully saturated rings. The molecular weight excluding hydrogens is 196 g/mol. The lowest BCUT2D eigenvalue weighted by Gasteiger charge is -2.11. The first-order chi connectivity index (χ1) is 5.93. The van der Waals surface area contributed by atoms with Gasteiger partial charge >= 0.3 is 5.97 Å². The van der Waals surface area contributed by atoms with Gasteiger partial charge in [-0.05, 0) is 6.42 Å². The first kappa shape index (κ1) is 12.3. The van der Waals surface area contributed by atoms with Crippen molar-refractivity contribution < 1.29 is 18.3 Å². The van der Waals surface area contributed by atoms with Crippen molar-refractivity contribution in [1.82, 2.24) is 4.72 Å². The van der Waals surface area contributed by atoms with Crippen LogP contribution in [0.1, 0.15) is 13.3 Å². The van der Waals surface area contributed by atoms with Gasteiger partial charge in [0.25, 0.3) is 0 Å². The van der Waals surface area contributed by atoms with Crippen LogP contribution in [0.15, 0.2) is 0 Å². The highest BCUT2D eigenvalue weighted by Crippen LogP contribution is 1.91. The summed E-state index contributed by atoms with van der Waals surface area (Å²) in [5, 5.41) is 8.50. The standard InChI is InChI=1S/C6H14N2O4S/c1-2-3-13(11,12)8-5(4-7)6(9)10/h5,8H,2-4,7H2,1H3,(H,9,10). The van der Waals surface area contributed by atoms with E-state index in [1.54, 1.807) is 6.92 Å². The van der Waals surface area contributed by atoms with Crippen molar-refractivity contribution >= 4 is 16.0 Å². The van der Waals surface area contributed by atoms with E-state index in [0.29, 0.717) is 6.42 Å². The molecule has 7 heteroatoms. The maximum Gasteiger partial charge on any atom is 0.323 e. The molecule has 1 unspecified atom stereocenters. The van der Waals surface area contributed by atoms with Crippen molar-refractivity contribution in [2.24, 2.45) is 5.73 Å². The molecule has 0 aliphatic heterocycles. The van der Waals surface area contributed by atoms with Gasteiger partial charge in [-0.3, -0.25) is 4.79 Å². The van der Waals surface area contributed by atoms with Gasteiger partial charge in [0.15, 0.2) is 0 Å². The highest BCUT2D eigenvalue weighted by molar-refractivity contribution is 7.89. The van der Waals surface area contributed by atoms with Crippen LogP contribution in [-0.2, 0) is 14.8 Å². The Kier molecular flexibility index (Phi) is 4.89. The second-order valence-corrected chi connectivity index (χ2v) is 4.44. The number of carboxylic acid groups (broad SMARTS) is 1. The number of sulfonamides is 1. The summed E-state index contributed by atoms with van der Waals surface area (Å²) in [7, 11) is -3.50. The molecule has 0 aromatic carbocycles. The fourth-order valence-electron chi connectivity index (χ4n) is 0.744. The number of hydrogen-bond donors (Lipinski definition) is 3. The van der Waals surface area contributed by atoms with Gasteiger partial charge in [-0.15, -0.1) is 0 Å². The summed E-state index contributed by atoms with van der Waals surface area (Å²) in [5.74, 6) is -1.35. The van der Waals surface area contributed by atoms with Gasteiger partial charge in [-0.2, -0.15) is 4.72 Å². The first-order valence-corrected chi connectivity index (χ1v) is 5.51. The van der Waals surface area contributed by atoms with E-state index >= 15 is 0 Å². The van der Waals surface area contributed by atoms with E-state index in [4.69, 9.17) is 10.8 Å². The molecule has 0 heterocycles. The van der Waals surface area contributed by atoms with E-state index in [2.05, 4.69) is 0 Å². The van der Waals surface area contributed by atoms with E-state index < -0.39 is 22.0 Å². The van der Waals surface area contributed by atoms with Crippen molar-refractivity contribution in [3.05, 3.63) is 0 Å². The lowest BCUT2D eigenvalue weighted by molar-refractivity contribution is -0.138. The average Bonchev–Trinajstić information content (AvgIpc) is 1.99. The van der Waals surface area contributed by atoms with Crippen LogP contribution in [0.2, 0.25) is 0 Å². The minimum Gasteiger partial charge on any atom is -0.480 e. The maximum atomic E-state index is 11.1. The quantitative estimate of drug-likeness (QED) is 0.506. The van der Waals surface area contributed by atoms with Crippen LogP contribution >= 0.6 is 0 Å². The highest BCUT2D eigenvalue weighted by Gasteiger charge is 2.21. The van der Waals surface area contributed by atoms with E-state index in [0.717, 1.165) is 0 Å². The summed E-state index contributed by atoms with van der Waals surface area (Å²) in [6, 6.07) is -1.23. The van der Waals surface area contributed by atoms with Crippen molar-refractivity contribution in [2.75, 3.05) is 12.3 Å². The molecule has 0 bridgehead atoms. The Balaban J connectivity index is 4.31. The Labute approximate surface area is 77.2 Å². The third kappa shape index (κ3) is 4.81. The maximum absolute atomic E-state index is 11.1. The molecule has 0 amide bonds. The minimum absolute atomic E-state index is 0.0865. The van der Waals surface area contributed by atoms with Crippen molar-refractivity contribution in [3.8, 4) is 0 Å². The molecule has 6 nitrogen and oxygen atoms in total. The van der Waals surface area contributed by atoms with Crippen LogP contribution in [0.25, 0.3) is 0 Å². The van der Waals surface area contributed by atoms with E-state index in [-0.39, 0.29) is 12.3 Å². The van der Waals surface area contributed by atoms with E-state index in [1.807, 2.05) is 4.72 Å². The van der Waals surface area contributed by atoms with Crippen LogP contribution in [0.4, 0.5) is 0 Å². The summed E-state index contributed by atoms with van der Waals surface area (Å²) < 4.78 is 24.1. The molecule has 0 rings (SSSR count). The highest BCUT2D eigenvalue weighted by atomic mass is 32.2. The first-order valence-electron chi connectivity index (χ1n) is 3.85. The fraction of sp³-hybridized carbons (Fsp3) is 0.833. The number of nitrogens with two attached hydrogens (primary N) is 1. The molecule has 0 aliphatic carbocycles. The number of nitrogens with one attached hydrogen (secondary N) is 1. The third-order valence-electron chi connectivity index (χ3n) is 1.33. The largest absolute Gasteiger partial charge is 0.480 e. The Morgan fingerprint density at radius 1 is 1.62 bits per heavy atom. The van der Waals surface area contributed by atoms with Gasteiger partial charge < -0.3 is 10.8 Å². The molecule has 0 aromatic heterocycles. The van der Waals surface area contributed by atoms with Gasteiger partial charge in [0, 0.05) is 6.54 Å². The second-order valence-electron chi connectivity index (χ2n) is 2.56. The minimum atomic E-state index is -3.50. The molecule has 0 saturated carbocycles. The fourth-order valence-corrected chi connectivity index (χ4v) is 2.03. The third-order valence-corrected chi connectivity index (χ3v) is 2.92. The Hall–Kier alpha value is -0.660. The molecule has 0 aromatic rings. The van der Waals surface area contributed by atoms with Gasteiger partial charge in [0.2, 0.25) is 10.0 Å². The molecule has 0 spiro atoms. The zero-order valence-electron chi connectivity index (χ0n) is 7.36. The summed E-state index contributed by atoms with van der Waals surface area (Å²) in [6.45, 7) is 1.44. The molecule has 1 atom stereocenters. The van der Waals surface area contributed by atoms with Gasteiger partial charge in [-0.1, -0.05) is 6.92 Å². The molecule has 0 aliphatic rings. The topological polar surface area (TPSA) is 109 Å². The Morgan fingerprint density at radius 3 is 2.46 bits per heavy atom. The average molecular weight is 210 g/mol. The number of rotatable bonds is 6. The Bertz CT molecular complexity index is 262. The van der Waals surface area contributed by atoms with Gasteiger partial charge in [0.1, 0.15) is 6.04 Å². The van der Waals surface area contributed by atoms with Crippen LogP contribution in [0.5, 0.6) is 0 Å². The number of aliphatic carboxylic acids is 1. The van der Waals surface area contributed by atoms with Crippen molar-refractivity contribution in [2.45, 2.75) is 19.4 Å². The molecule has 78 valence electrons. The van der Waals surface area contributed by atoms with Crippen LogP contribution in [0, 0.1) is 0 Å². The predicted molar refractivity (Wildman–Crippen MR) is 47.7 cm³/mol. The van der Waals surface area contributed by atoms with Crippen LogP contribution < -0.4 is 10.5 Å². The summed E-state index contributed by atoms with van der Waals surface area (Å²) in [4.78, 5) is 10.4. The number of carboxylic acids is 1. The summed E-state index contributed by atoms with van der Waals surface area (Å²) in [5.41, 5.74) is 5.07. The van der Waals surface area contributed by atoms with Crippen molar-refractivity contribution in [3.63, 3.8) is 0 Å². The molecular formula is C6H14N2O4S. The van der Waals surface area contributed by atoms with Crippen LogP contribution in [-0.4, -0.2) is 37.8 Å². The van der Waals surface area contributed by atoms with Crippen LogP contribution in [0.3, 0.4) is 0 Å². The molecule has 0 saturated heterocycles. The van der Waals surface area contributed by atoms with Gasteiger partial charge in [-0.25, -0.2) is 8.42 Å². The Morgan fingerprint density at radius 2 is 2.15 bits per heavy atom. The normalized spacial score (nSPS) is 14.0. The summed E-state index contributed by atoms with van der Waals surface area (Å²) >= 11 is 0. The smallest absolute Gasteiger partial charge is 0.323 e. The molecule has 4 N–H and O–H groups in total. The molecule has 0 radical (unpaired) electrons. The lowest BCUT2D eigenvalue weighted by Crippen LogP contribution is -2.46. The monoisotopic (exact) mass is 210 g/mol. The van der Waals surface area contributed by atoms with E-state index in [1.165, 1.54) is 0 Å². The molecule has 13 heavy (non-hydrogen) atoms. The second kappa shape index (κ2) is 5.15. The van der Waals surface area contributed by atoms with E-state index in [9.17, 15) is 13.2 Å². The predicted octanol–water partition coefficient (Wildman–Crippen LogP) is -1.27. The lowest BCUT2D eigenvalue weighted by atomic mass is 10.3. The van der Waals surface area contributed by atoms with Gasteiger partial charge in [0.05, 0.1) is 5.75 Å². The zero-order valence-corrected chi connectivity index (χ0v) is 8.17. The summed E-state index contributed by atoms with van der Waals surface area (Å²) in [6.07, 6.45) is 0.437. The van der Waals surface area contributed by atoms with Crippen molar-refractivity contribution in [1.29, 1.82) is 0 Å². The SMILES string of the molecule is CCCS(=O)(=O)NC(CN)C(=O)O.